The van der Waals surface area contributed by atoms with Crippen LogP contribution in [-0.2, 0) is 16.1 Å². The SMILES string of the molecule is O=C(COc1ccc(/C=C2\SC(=O)N(Cc3ccccc3)C2=O)cc1Cl)Nc1ccc(Cl)cc1. The molecule has 0 radical (unpaired) electrons. The Morgan fingerprint density at radius 2 is 1.74 bits per heavy atom. The van der Waals surface area contributed by atoms with E-state index in [-0.39, 0.29) is 35.2 Å². The molecule has 0 atom stereocenters. The lowest BCUT2D eigenvalue weighted by molar-refractivity contribution is -0.123. The van der Waals surface area contributed by atoms with Gasteiger partial charge in [0.05, 0.1) is 16.5 Å². The zero-order chi connectivity index (χ0) is 24.1. The van der Waals surface area contributed by atoms with Gasteiger partial charge in [0.25, 0.3) is 17.1 Å². The van der Waals surface area contributed by atoms with Gasteiger partial charge in [-0.05, 0) is 65.4 Å². The third kappa shape index (κ3) is 5.99. The van der Waals surface area contributed by atoms with Crippen molar-refractivity contribution in [1.82, 2.24) is 4.90 Å². The average Bonchev–Trinajstić information content (AvgIpc) is 3.08. The van der Waals surface area contributed by atoms with E-state index in [9.17, 15) is 14.4 Å². The van der Waals surface area contributed by atoms with E-state index >= 15 is 0 Å². The number of carbonyl (C=O) groups is 3. The average molecular weight is 513 g/mol. The molecule has 34 heavy (non-hydrogen) atoms. The number of imide groups is 1. The van der Waals surface area contributed by atoms with E-state index in [1.807, 2.05) is 30.3 Å². The minimum Gasteiger partial charge on any atom is -0.482 e. The first kappa shape index (κ1) is 23.9. The maximum absolute atomic E-state index is 12.7. The number of ether oxygens (including phenoxy) is 1. The fourth-order valence-electron chi connectivity index (χ4n) is 3.15. The van der Waals surface area contributed by atoms with Crippen LogP contribution in [0.25, 0.3) is 6.08 Å². The van der Waals surface area contributed by atoms with Gasteiger partial charge in [0.15, 0.2) is 6.61 Å². The first-order valence-electron chi connectivity index (χ1n) is 10.2. The monoisotopic (exact) mass is 512 g/mol. The van der Waals surface area contributed by atoms with Gasteiger partial charge in [-0.2, -0.15) is 0 Å². The van der Waals surface area contributed by atoms with Crippen molar-refractivity contribution in [2.45, 2.75) is 6.54 Å². The molecule has 0 spiro atoms. The lowest BCUT2D eigenvalue weighted by Gasteiger charge is -2.12. The number of rotatable bonds is 7. The Labute approximate surface area is 210 Å². The highest BCUT2D eigenvalue weighted by molar-refractivity contribution is 8.18. The van der Waals surface area contributed by atoms with Crippen LogP contribution in [0.4, 0.5) is 10.5 Å². The minimum atomic E-state index is -0.353. The topological polar surface area (TPSA) is 75.7 Å². The van der Waals surface area contributed by atoms with Crippen molar-refractivity contribution < 1.29 is 19.1 Å². The van der Waals surface area contributed by atoms with E-state index in [0.717, 1.165) is 17.3 Å². The molecule has 1 saturated heterocycles. The zero-order valence-electron chi connectivity index (χ0n) is 17.7. The summed E-state index contributed by atoms with van der Waals surface area (Å²) in [6.45, 7) is -0.0193. The Morgan fingerprint density at radius 1 is 1.00 bits per heavy atom. The van der Waals surface area contributed by atoms with Crippen molar-refractivity contribution in [3.05, 3.63) is 98.9 Å². The molecule has 3 aromatic rings. The van der Waals surface area contributed by atoms with Crippen LogP contribution in [-0.4, -0.2) is 28.6 Å². The molecule has 1 fully saturated rings. The summed E-state index contributed by atoms with van der Waals surface area (Å²) in [5, 5.41) is 3.22. The molecule has 0 saturated carbocycles. The van der Waals surface area contributed by atoms with Crippen LogP contribution in [0.5, 0.6) is 5.75 Å². The maximum atomic E-state index is 12.7. The predicted octanol–water partition coefficient (Wildman–Crippen LogP) is 6.25. The van der Waals surface area contributed by atoms with Crippen LogP contribution in [0.15, 0.2) is 77.7 Å². The van der Waals surface area contributed by atoms with Crippen LogP contribution < -0.4 is 10.1 Å². The molecule has 3 aromatic carbocycles. The minimum absolute atomic E-state index is 0.217. The highest BCUT2D eigenvalue weighted by atomic mass is 35.5. The molecule has 1 aliphatic rings. The summed E-state index contributed by atoms with van der Waals surface area (Å²) in [4.78, 5) is 38.7. The van der Waals surface area contributed by atoms with Crippen molar-refractivity contribution in [3.8, 4) is 5.75 Å². The predicted molar refractivity (Wildman–Crippen MR) is 135 cm³/mol. The number of hydrogen-bond acceptors (Lipinski definition) is 5. The number of carbonyl (C=O) groups excluding carboxylic acids is 3. The number of amides is 3. The van der Waals surface area contributed by atoms with E-state index in [1.165, 1.54) is 4.90 Å². The molecule has 1 aliphatic heterocycles. The normalized spacial score (nSPS) is 14.5. The fraction of sp³-hybridized carbons (Fsp3) is 0.0800. The fourth-order valence-corrected chi connectivity index (χ4v) is 4.36. The summed E-state index contributed by atoms with van der Waals surface area (Å²) >= 11 is 13.0. The van der Waals surface area contributed by atoms with Gasteiger partial charge < -0.3 is 10.1 Å². The molecular weight excluding hydrogens is 495 g/mol. The smallest absolute Gasteiger partial charge is 0.293 e. The van der Waals surface area contributed by atoms with Crippen LogP contribution in [0.3, 0.4) is 0 Å². The number of thioether (sulfide) groups is 1. The van der Waals surface area contributed by atoms with Crippen LogP contribution in [0.2, 0.25) is 10.0 Å². The first-order valence-corrected chi connectivity index (χ1v) is 11.7. The first-order chi connectivity index (χ1) is 16.4. The standard InChI is InChI=1S/C25H18Cl2N2O4S/c26-18-7-9-19(10-8-18)28-23(30)15-33-21-11-6-17(12-20(21)27)13-22-24(31)29(25(32)34-22)14-16-4-2-1-3-5-16/h1-13H,14-15H2,(H,28,30)/b22-13-. The second-order valence-electron chi connectivity index (χ2n) is 7.29. The summed E-state index contributed by atoms with van der Waals surface area (Å²) < 4.78 is 5.52. The quantitative estimate of drug-likeness (QED) is 0.378. The lowest BCUT2D eigenvalue weighted by Crippen LogP contribution is -2.27. The second kappa shape index (κ2) is 10.8. The van der Waals surface area contributed by atoms with Crippen molar-refractivity contribution in [1.29, 1.82) is 0 Å². The highest BCUT2D eigenvalue weighted by Crippen LogP contribution is 2.34. The number of nitrogens with zero attached hydrogens (tertiary/aromatic N) is 1. The summed E-state index contributed by atoms with van der Waals surface area (Å²) in [6.07, 6.45) is 1.61. The van der Waals surface area contributed by atoms with E-state index in [1.54, 1.807) is 48.5 Å². The molecule has 9 heteroatoms. The van der Waals surface area contributed by atoms with Gasteiger partial charge in [0, 0.05) is 10.7 Å². The van der Waals surface area contributed by atoms with Gasteiger partial charge >= 0.3 is 0 Å². The summed E-state index contributed by atoms with van der Waals surface area (Å²) in [5.41, 5.74) is 2.10. The van der Waals surface area contributed by atoms with Crippen molar-refractivity contribution >= 4 is 63.8 Å². The Balaban J connectivity index is 1.37. The van der Waals surface area contributed by atoms with Gasteiger partial charge in [-0.3, -0.25) is 19.3 Å². The molecule has 0 aliphatic carbocycles. The third-order valence-corrected chi connectivity index (χ3v) is 6.25. The van der Waals surface area contributed by atoms with E-state index in [2.05, 4.69) is 5.32 Å². The molecular formula is C25H18Cl2N2O4S. The highest BCUT2D eigenvalue weighted by Gasteiger charge is 2.34. The molecule has 0 bridgehead atoms. The zero-order valence-corrected chi connectivity index (χ0v) is 20.0. The summed E-state index contributed by atoms with van der Waals surface area (Å²) in [5.74, 6) is -0.383. The van der Waals surface area contributed by atoms with Crippen LogP contribution in [0.1, 0.15) is 11.1 Å². The maximum Gasteiger partial charge on any atom is 0.293 e. The van der Waals surface area contributed by atoms with Gasteiger partial charge in [0.2, 0.25) is 0 Å². The Hall–Kier alpha value is -3.26. The third-order valence-electron chi connectivity index (χ3n) is 4.80. The van der Waals surface area contributed by atoms with Crippen molar-refractivity contribution in [3.63, 3.8) is 0 Å². The van der Waals surface area contributed by atoms with E-state index in [0.29, 0.717) is 26.9 Å². The molecule has 1 N–H and O–H groups in total. The molecule has 4 rings (SSSR count). The number of benzene rings is 3. The molecule has 0 unspecified atom stereocenters. The van der Waals surface area contributed by atoms with E-state index in [4.69, 9.17) is 27.9 Å². The van der Waals surface area contributed by atoms with E-state index < -0.39 is 0 Å². The van der Waals surface area contributed by atoms with Crippen LogP contribution >= 0.6 is 35.0 Å². The molecule has 172 valence electrons. The Morgan fingerprint density at radius 3 is 2.44 bits per heavy atom. The summed E-state index contributed by atoms with van der Waals surface area (Å²) in [6, 6.07) is 20.9. The molecule has 3 amide bonds. The number of nitrogens with one attached hydrogen (secondary N) is 1. The van der Waals surface area contributed by atoms with Gasteiger partial charge in [-0.1, -0.05) is 59.6 Å². The lowest BCUT2D eigenvalue weighted by atomic mass is 10.2. The van der Waals surface area contributed by atoms with Gasteiger partial charge in [-0.15, -0.1) is 0 Å². The Bertz CT molecular complexity index is 1260. The Kier molecular flexibility index (Phi) is 7.57. The molecule has 0 aromatic heterocycles. The van der Waals surface area contributed by atoms with Gasteiger partial charge in [0.1, 0.15) is 5.75 Å². The van der Waals surface area contributed by atoms with Gasteiger partial charge in [-0.25, -0.2) is 0 Å². The summed E-state index contributed by atoms with van der Waals surface area (Å²) in [7, 11) is 0. The largest absolute Gasteiger partial charge is 0.482 e. The number of hydrogen-bond donors (Lipinski definition) is 1. The van der Waals surface area contributed by atoms with Crippen LogP contribution in [0, 0.1) is 0 Å². The number of anilines is 1. The second-order valence-corrected chi connectivity index (χ2v) is 9.12. The number of halogens is 2. The molecule has 1 heterocycles. The van der Waals surface area contributed by atoms with Crippen molar-refractivity contribution in [2.24, 2.45) is 0 Å². The van der Waals surface area contributed by atoms with Crippen molar-refractivity contribution in [2.75, 3.05) is 11.9 Å². The molecule has 6 nitrogen and oxygen atoms in total.